The van der Waals surface area contributed by atoms with Gasteiger partial charge in [0.25, 0.3) is 5.91 Å². The summed E-state index contributed by atoms with van der Waals surface area (Å²) in [7, 11) is 0. The number of halogens is 2. The van der Waals surface area contributed by atoms with Gasteiger partial charge in [0, 0.05) is 19.1 Å². The molecule has 0 aromatic heterocycles. The Kier molecular flexibility index (Phi) is 4.93. The summed E-state index contributed by atoms with van der Waals surface area (Å²) in [5.74, 6) is -0.508. The van der Waals surface area contributed by atoms with Gasteiger partial charge in [-0.1, -0.05) is 6.07 Å². The lowest BCUT2D eigenvalue weighted by molar-refractivity contribution is 0.0660. The predicted molar refractivity (Wildman–Crippen MR) is 76.7 cm³/mol. The van der Waals surface area contributed by atoms with Gasteiger partial charge in [0.15, 0.2) is 0 Å². The third-order valence-electron chi connectivity index (χ3n) is 3.50. The lowest BCUT2D eigenvalue weighted by atomic mass is 10.0. The van der Waals surface area contributed by atoms with E-state index in [1.807, 2.05) is 11.8 Å². The number of piperidine rings is 1. The monoisotopic (exact) mass is 328 g/mol. The average Bonchev–Trinajstić information content (AvgIpc) is 2.44. The van der Waals surface area contributed by atoms with Crippen LogP contribution in [0.1, 0.15) is 30.1 Å². The first-order valence-corrected chi connectivity index (χ1v) is 7.40. The van der Waals surface area contributed by atoms with Gasteiger partial charge in [0.05, 0.1) is 10.0 Å². The summed E-state index contributed by atoms with van der Waals surface area (Å²) < 4.78 is 13.8. The molecule has 5 heteroatoms. The molecular weight excluding hydrogens is 311 g/mol. The highest BCUT2D eigenvalue weighted by Gasteiger charge is 2.26. The van der Waals surface area contributed by atoms with E-state index in [2.05, 4.69) is 21.2 Å². The van der Waals surface area contributed by atoms with Gasteiger partial charge in [0.1, 0.15) is 5.82 Å². The first kappa shape index (κ1) is 14.5. The molecule has 0 saturated carbocycles. The summed E-state index contributed by atoms with van der Waals surface area (Å²) in [6.45, 7) is 4.41. The minimum Gasteiger partial charge on any atom is -0.335 e. The first-order valence-electron chi connectivity index (χ1n) is 6.60. The molecule has 1 heterocycles. The van der Waals surface area contributed by atoms with Gasteiger partial charge in [-0.25, -0.2) is 4.39 Å². The van der Waals surface area contributed by atoms with Gasteiger partial charge in [-0.05, 0) is 54.4 Å². The summed E-state index contributed by atoms with van der Waals surface area (Å²) in [6.07, 6.45) is 2.07. The number of hydrogen-bond acceptors (Lipinski definition) is 2. The van der Waals surface area contributed by atoms with Crippen molar-refractivity contribution in [2.45, 2.75) is 25.8 Å². The summed E-state index contributed by atoms with van der Waals surface area (Å²) in [5.41, 5.74) is 0.396. The number of carbonyl (C=O) groups excluding carboxylic acids is 1. The molecule has 0 radical (unpaired) electrons. The summed E-state index contributed by atoms with van der Waals surface area (Å²) in [4.78, 5) is 14.4. The molecule has 1 N–H and O–H groups in total. The number of amides is 1. The maximum absolute atomic E-state index is 13.5. The van der Waals surface area contributed by atoms with E-state index in [0.717, 1.165) is 25.9 Å². The number of rotatable bonds is 3. The van der Waals surface area contributed by atoms with Crippen LogP contribution in [0.2, 0.25) is 0 Å². The zero-order valence-corrected chi connectivity index (χ0v) is 12.5. The molecule has 1 aliphatic rings. The van der Waals surface area contributed by atoms with Crippen LogP contribution in [-0.2, 0) is 0 Å². The highest BCUT2D eigenvalue weighted by molar-refractivity contribution is 9.10. The van der Waals surface area contributed by atoms with Crippen LogP contribution in [0.4, 0.5) is 4.39 Å². The summed E-state index contributed by atoms with van der Waals surface area (Å²) in [6, 6.07) is 4.77. The lowest BCUT2D eigenvalue weighted by Gasteiger charge is -2.34. The second kappa shape index (κ2) is 6.48. The Bertz CT molecular complexity index is 461. The van der Waals surface area contributed by atoms with E-state index in [1.165, 1.54) is 6.07 Å². The van der Waals surface area contributed by atoms with E-state index in [-0.39, 0.29) is 16.4 Å². The van der Waals surface area contributed by atoms with Crippen LogP contribution < -0.4 is 5.32 Å². The van der Waals surface area contributed by atoms with E-state index in [0.29, 0.717) is 12.1 Å². The standard InChI is InChI=1S/C14H18BrFN2O/c1-2-18(10-5-4-8-17-9-10)14(19)11-6-3-7-12(16)13(11)15/h3,6-7,10,17H,2,4-5,8-9H2,1H3. The van der Waals surface area contributed by atoms with Crippen molar-refractivity contribution >= 4 is 21.8 Å². The minimum atomic E-state index is -0.399. The third-order valence-corrected chi connectivity index (χ3v) is 4.30. The van der Waals surface area contributed by atoms with Crippen molar-refractivity contribution in [1.82, 2.24) is 10.2 Å². The Hall–Kier alpha value is -0.940. The molecule has 0 aliphatic carbocycles. The lowest BCUT2D eigenvalue weighted by Crippen LogP contribution is -2.48. The molecule has 1 aromatic rings. The zero-order chi connectivity index (χ0) is 13.8. The van der Waals surface area contributed by atoms with Crippen molar-refractivity contribution in [3.63, 3.8) is 0 Å². The van der Waals surface area contributed by atoms with Crippen LogP contribution in [0.15, 0.2) is 22.7 Å². The SMILES string of the molecule is CCN(C(=O)c1cccc(F)c1Br)C1CCCNC1. The number of carbonyl (C=O) groups is 1. The molecule has 1 amide bonds. The number of nitrogens with zero attached hydrogens (tertiary/aromatic N) is 1. The van der Waals surface area contributed by atoms with Crippen LogP contribution in [0, 0.1) is 5.82 Å². The molecule has 1 saturated heterocycles. The largest absolute Gasteiger partial charge is 0.335 e. The molecule has 0 bridgehead atoms. The zero-order valence-electron chi connectivity index (χ0n) is 11.0. The van der Waals surface area contributed by atoms with Crippen molar-refractivity contribution in [1.29, 1.82) is 0 Å². The van der Waals surface area contributed by atoms with Gasteiger partial charge in [-0.3, -0.25) is 4.79 Å². The fourth-order valence-electron chi connectivity index (χ4n) is 2.49. The van der Waals surface area contributed by atoms with Gasteiger partial charge >= 0.3 is 0 Å². The van der Waals surface area contributed by atoms with E-state index in [1.54, 1.807) is 12.1 Å². The number of hydrogen-bond donors (Lipinski definition) is 1. The molecule has 1 aromatic carbocycles. The number of benzene rings is 1. The second-order valence-corrected chi connectivity index (χ2v) is 5.49. The van der Waals surface area contributed by atoms with Gasteiger partial charge < -0.3 is 10.2 Å². The average molecular weight is 329 g/mol. The van der Waals surface area contributed by atoms with Crippen molar-refractivity contribution in [2.75, 3.05) is 19.6 Å². The van der Waals surface area contributed by atoms with Gasteiger partial charge in [-0.2, -0.15) is 0 Å². The van der Waals surface area contributed by atoms with Crippen molar-refractivity contribution < 1.29 is 9.18 Å². The first-order chi connectivity index (χ1) is 9.15. The Labute approximate surface area is 121 Å². The molecular formula is C14H18BrFN2O. The Morgan fingerprint density at radius 2 is 2.37 bits per heavy atom. The van der Waals surface area contributed by atoms with Crippen molar-refractivity contribution in [3.8, 4) is 0 Å². The Balaban J connectivity index is 2.22. The van der Waals surface area contributed by atoms with Crippen molar-refractivity contribution in [3.05, 3.63) is 34.1 Å². The molecule has 104 valence electrons. The topological polar surface area (TPSA) is 32.3 Å². The highest BCUT2D eigenvalue weighted by atomic mass is 79.9. The van der Waals surface area contributed by atoms with E-state index in [4.69, 9.17) is 0 Å². The van der Waals surface area contributed by atoms with Crippen LogP contribution >= 0.6 is 15.9 Å². The summed E-state index contributed by atoms with van der Waals surface area (Å²) >= 11 is 3.16. The Morgan fingerprint density at radius 3 is 3.00 bits per heavy atom. The van der Waals surface area contributed by atoms with Gasteiger partial charge in [-0.15, -0.1) is 0 Å². The molecule has 3 nitrogen and oxygen atoms in total. The molecule has 1 atom stereocenters. The normalized spacial score (nSPS) is 19.2. The van der Waals surface area contributed by atoms with E-state index in [9.17, 15) is 9.18 Å². The number of nitrogens with one attached hydrogen (secondary N) is 1. The predicted octanol–water partition coefficient (Wildman–Crippen LogP) is 2.80. The molecule has 1 fully saturated rings. The van der Waals surface area contributed by atoms with E-state index < -0.39 is 5.82 Å². The molecule has 19 heavy (non-hydrogen) atoms. The number of likely N-dealkylation sites (N-methyl/N-ethyl adjacent to an activating group) is 1. The Morgan fingerprint density at radius 1 is 1.58 bits per heavy atom. The summed E-state index contributed by atoms with van der Waals surface area (Å²) in [5, 5.41) is 3.30. The fourth-order valence-corrected chi connectivity index (χ4v) is 2.92. The molecule has 2 rings (SSSR count). The van der Waals surface area contributed by atoms with E-state index >= 15 is 0 Å². The minimum absolute atomic E-state index is 0.109. The van der Waals surface area contributed by atoms with Crippen LogP contribution in [0.5, 0.6) is 0 Å². The quantitative estimate of drug-likeness (QED) is 0.925. The van der Waals surface area contributed by atoms with Crippen LogP contribution in [0.25, 0.3) is 0 Å². The maximum atomic E-state index is 13.5. The third kappa shape index (κ3) is 3.15. The van der Waals surface area contributed by atoms with Crippen LogP contribution in [-0.4, -0.2) is 36.5 Å². The smallest absolute Gasteiger partial charge is 0.255 e. The van der Waals surface area contributed by atoms with Crippen molar-refractivity contribution in [2.24, 2.45) is 0 Å². The molecule has 1 unspecified atom stereocenters. The fraction of sp³-hybridized carbons (Fsp3) is 0.500. The van der Waals surface area contributed by atoms with Crippen LogP contribution in [0.3, 0.4) is 0 Å². The molecule has 0 spiro atoms. The van der Waals surface area contributed by atoms with Gasteiger partial charge in [0.2, 0.25) is 0 Å². The second-order valence-electron chi connectivity index (χ2n) is 4.69. The highest BCUT2D eigenvalue weighted by Crippen LogP contribution is 2.23. The molecule has 1 aliphatic heterocycles. The maximum Gasteiger partial charge on any atom is 0.255 e.